The minimum Gasteiger partial charge on any atom is -0.300 e. The summed E-state index contributed by atoms with van der Waals surface area (Å²) in [4.78, 5) is 33.2. The Balaban J connectivity index is 1.62. The molecule has 4 aromatic rings. The van der Waals surface area contributed by atoms with Gasteiger partial charge in [-0.25, -0.2) is 14.6 Å². The predicted molar refractivity (Wildman–Crippen MR) is 108 cm³/mol. The van der Waals surface area contributed by atoms with Crippen LogP contribution in [-0.4, -0.2) is 30.2 Å². The summed E-state index contributed by atoms with van der Waals surface area (Å²) in [5.41, 5.74) is 2.19. The number of nitrogens with zero attached hydrogens (tertiary/aromatic N) is 5. The van der Waals surface area contributed by atoms with E-state index in [0.29, 0.717) is 22.1 Å². The highest BCUT2D eigenvalue weighted by Crippen LogP contribution is 2.18. The number of hydrogen-bond donors (Lipinski definition) is 1. The maximum atomic E-state index is 12.7. The van der Waals surface area contributed by atoms with Gasteiger partial charge < -0.3 is 5.32 Å². The van der Waals surface area contributed by atoms with Crippen molar-refractivity contribution in [1.82, 2.24) is 24.3 Å². The summed E-state index contributed by atoms with van der Waals surface area (Å²) in [7, 11) is 0. The number of rotatable bonds is 5. The summed E-state index contributed by atoms with van der Waals surface area (Å²) in [6, 6.07) is 7.99. The van der Waals surface area contributed by atoms with Gasteiger partial charge in [0.1, 0.15) is 18.3 Å². The molecule has 9 heteroatoms. The van der Waals surface area contributed by atoms with Gasteiger partial charge in [0.15, 0.2) is 10.8 Å². The zero-order valence-corrected chi connectivity index (χ0v) is 16.2. The highest BCUT2D eigenvalue weighted by molar-refractivity contribution is 7.13. The number of carbonyl (C=O) groups excluding carboxylic acids is 1. The minimum atomic E-state index is -0.338. The number of carbonyl (C=O) groups is 1. The SMILES string of the molecule is CC(C)c1ccc(-n2ncc3c(=O)n(CC(=O)Nc4nccs4)cnc32)cc1. The van der Waals surface area contributed by atoms with E-state index in [1.165, 1.54) is 34.0 Å². The Morgan fingerprint density at radius 3 is 2.68 bits per heavy atom. The van der Waals surface area contributed by atoms with Crippen molar-refractivity contribution in [1.29, 1.82) is 0 Å². The molecule has 1 N–H and O–H groups in total. The van der Waals surface area contributed by atoms with E-state index in [-0.39, 0.29) is 18.0 Å². The van der Waals surface area contributed by atoms with Crippen LogP contribution in [0.4, 0.5) is 5.13 Å². The van der Waals surface area contributed by atoms with Crippen molar-refractivity contribution in [2.45, 2.75) is 26.3 Å². The maximum Gasteiger partial charge on any atom is 0.264 e. The summed E-state index contributed by atoms with van der Waals surface area (Å²) in [6.07, 6.45) is 4.45. The molecule has 0 aliphatic carbocycles. The summed E-state index contributed by atoms with van der Waals surface area (Å²) in [5, 5.41) is 9.58. The van der Waals surface area contributed by atoms with E-state index < -0.39 is 0 Å². The third kappa shape index (κ3) is 3.44. The van der Waals surface area contributed by atoms with Crippen LogP contribution >= 0.6 is 11.3 Å². The van der Waals surface area contributed by atoms with Gasteiger partial charge in [0.05, 0.1) is 11.9 Å². The predicted octanol–water partition coefficient (Wildman–Crippen LogP) is 2.80. The molecule has 1 amide bonds. The Morgan fingerprint density at radius 1 is 1.21 bits per heavy atom. The second kappa shape index (κ2) is 7.35. The molecule has 0 aliphatic rings. The molecule has 0 radical (unpaired) electrons. The van der Waals surface area contributed by atoms with Crippen molar-refractivity contribution in [3.8, 4) is 5.69 Å². The van der Waals surface area contributed by atoms with Crippen LogP contribution in [0.2, 0.25) is 0 Å². The Bertz CT molecular complexity index is 1180. The summed E-state index contributed by atoms with van der Waals surface area (Å²) < 4.78 is 2.89. The Labute approximate surface area is 164 Å². The van der Waals surface area contributed by atoms with Gasteiger partial charge in [-0.15, -0.1) is 11.3 Å². The molecular formula is C19H18N6O2S. The van der Waals surface area contributed by atoms with Crippen molar-refractivity contribution in [3.63, 3.8) is 0 Å². The van der Waals surface area contributed by atoms with Gasteiger partial charge in [0.25, 0.3) is 5.56 Å². The van der Waals surface area contributed by atoms with E-state index in [1.54, 1.807) is 16.3 Å². The van der Waals surface area contributed by atoms with Crippen LogP contribution in [0.15, 0.2) is 53.2 Å². The second-order valence-corrected chi connectivity index (χ2v) is 7.50. The molecule has 0 bridgehead atoms. The van der Waals surface area contributed by atoms with Gasteiger partial charge in [0.2, 0.25) is 5.91 Å². The van der Waals surface area contributed by atoms with Crippen LogP contribution in [0.1, 0.15) is 25.3 Å². The Hall–Kier alpha value is -3.33. The zero-order chi connectivity index (χ0) is 19.7. The lowest BCUT2D eigenvalue weighted by atomic mass is 10.0. The van der Waals surface area contributed by atoms with E-state index in [4.69, 9.17) is 0 Å². The average Bonchev–Trinajstić information content (AvgIpc) is 3.34. The molecule has 0 spiro atoms. The van der Waals surface area contributed by atoms with Crippen LogP contribution in [0.3, 0.4) is 0 Å². The normalized spacial score (nSPS) is 11.2. The van der Waals surface area contributed by atoms with Gasteiger partial charge in [-0.05, 0) is 23.6 Å². The molecule has 3 aromatic heterocycles. The minimum absolute atomic E-state index is 0.143. The first-order valence-electron chi connectivity index (χ1n) is 8.76. The number of amides is 1. The Morgan fingerprint density at radius 2 is 2.00 bits per heavy atom. The number of aromatic nitrogens is 5. The lowest BCUT2D eigenvalue weighted by Gasteiger charge is -2.08. The van der Waals surface area contributed by atoms with E-state index in [9.17, 15) is 9.59 Å². The Kier molecular flexibility index (Phi) is 4.74. The van der Waals surface area contributed by atoms with E-state index >= 15 is 0 Å². The van der Waals surface area contributed by atoms with Crippen LogP contribution in [-0.2, 0) is 11.3 Å². The van der Waals surface area contributed by atoms with E-state index in [0.717, 1.165) is 5.69 Å². The number of fused-ring (bicyclic) bond motifs is 1. The van der Waals surface area contributed by atoms with Crippen LogP contribution < -0.4 is 10.9 Å². The molecular weight excluding hydrogens is 376 g/mol. The highest BCUT2D eigenvalue weighted by atomic mass is 32.1. The average molecular weight is 394 g/mol. The van der Waals surface area contributed by atoms with Crippen molar-refractivity contribution in [3.05, 3.63) is 64.3 Å². The third-order valence-corrected chi connectivity index (χ3v) is 5.04. The molecule has 4 rings (SSSR count). The lowest BCUT2D eigenvalue weighted by molar-refractivity contribution is -0.116. The molecule has 0 saturated heterocycles. The third-order valence-electron chi connectivity index (χ3n) is 4.35. The summed E-state index contributed by atoms with van der Waals surface area (Å²) in [6.45, 7) is 4.12. The first-order valence-corrected chi connectivity index (χ1v) is 9.64. The number of hydrogen-bond acceptors (Lipinski definition) is 6. The molecule has 3 heterocycles. The molecule has 142 valence electrons. The van der Waals surface area contributed by atoms with Crippen molar-refractivity contribution >= 4 is 33.4 Å². The molecule has 8 nitrogen and oxygen atoms in total. The number of nitrogens with one attached hydrogen (secondary N) is 1. The monoisotopic (exact) mass is 394 g/mol. The first kappa shape index (κ1) is 18.1. The second-order valence-electron chi connectivity index (χ2n) is 6.60. The zero-order valence-electron chi connectivity index (χ0n) is 15.4. The summed E-state index contributed by atoms with van der Waals surface area (Å²) in [5.74, 6) is 0.0964. The quantitative estimate of drug-likeness (QED) is 0.562. The van der Waals surface area contributed by atoms with E-state index in [1.807, 2.05) is 24.3 Å². The number of anilines is 1. The maximum absolute atomic E-state index is 12.7. The van der Waals surface area contributed by atoms with E-state index in [2.05, 4.69) is 34.2 Å². The topological polar surface area (TPSA) is 94.7 Å². The van der Waals surface area contributed by atoms with Crippen molar-refractivity contribution < 1.29 is 4.79 Å². The fourth-order valence-electron chi connectivity index (χ4n) is 2.85. The summed E-state index contributed by atoms with van der Waals surface area (Å²) >= 11 is 1.31. The van der Waals surface area contributed by atoms with Crippen molar-refractivity contribution in [2.75, 3.05) is 5.32 Å². The fraction of sp³-hybridized carbons (Fsp3) is 0.211. The fourth-order valence-corrected chi connectivity index (χ4v) is 3.39. The molecule has 0 aliphatic heterocycles. The van der Waals surface area contributed by atoms with Gasteiger partial charge in [0, 0.05) is 11.6 Å². The van der Waals surface area contributed by atoms with Gasteiger partial charge in [-0.2, -0.15) is 5.10 Å². The van der Waals surface area contributed by atoms with Crippen LogP contribution in [0.5, 0.6) is 0 Å². The largest absolute Gasteiger partial charge is 0.300 e. The van der Waals surface area contributed by atoms with Gasteiger partial charge >= 0.3 is 0 Å². The van der Waals surface area contributed by atoms with Crippen LogP contribution in [0, 0.1) is 0 Å². The molecule has 0 fully saturated rings. The molecule has 0 unspecified atom stereocenters. The number of benzene rings is 1. The molecule has 1 aromatic carbocycles. The highest BCUT2D eigenvalue weighted by Gasteiger charge is 2.14. The number of thiazole rings is 1. The lowest BCUT2D eigenvalue weighted by Crippen LogP contribution is -2.27. The standard InChI is InChI=1S/C19H18N6O2S/c1-12(2)13-3-5-14(6-4-13)25-17-15(9-22-25)18(27)24(11-21-17)10-16(26)23-19-20-7-8-28-19/h3-9,11-12H,10H2,1-2H3,(H,20,23,26). The molecule has 28 heavy (non-hydrogen) atoms. The van der Waals surface area contributed by atoms with Gasteiger partial charge in [-0.1, -0.05) is 26.0 Å². The van der Waals surface area contributed by atoms with Crippen molar-refractivity contribution in [2.24, 2.45) is 0 Å². The molecule has 0 saturated carbocycles. The molecule has 0 atom stereocenters. The smallest absolute Gasteiger partial charge is 0.264 e. The van der Waals surface area contributed by atoms with Crippen LogP contribution in [0.25, 0.3) is 16.7 Å². The first-order chi connectivity index (χ1) is 13.5. The van der Waals surface area contributed by atoms with Gasteiger partial charge in [-0.3, -0.25) is 14.2 Å².